The van der Waals surface area contributed by atoms with Crippen LogP contribution < -0.4 is 0 Å². The third kappa shape index (κ3) is 3.84. The van der Waals surface area contributed by atoms with E-state index in [-0.39, 0.29) is 6.92 Å². The highest BCUT2D eigenvalue weighted by atomic mass is 79.9. The average molecular weight is 381 g/mol. The van der Waals surface area contributed by atoms with Gasteiger partial charge in [-0.3, -0.25) is 0 Å². The molecular formula is C12H11BrF6S. The molecule has 0 fully saturated rings. The molecule has 0 N–H and O–H groups in total. The molecule has 114 valence electrons. The first-order valence-corrected chi connectivity index (χ1v) is 7.53. The maximum atomic E-state index is 12.7. The molecule has 0 amide bonds. The predicted molar refractivity (Wildman–Crippen MR) is 70.0 cm³/mol. The van der Waals surface area contributed by atoms with Gasteiger partial charge >= 0.3 is 12.4 Å². The van der Waals surface area contributed by atoms with Gasteiger partial charge in [-0.2, -0.15) is 26.3 Å². The third-order valence-corrected chi connectivity index (χ3v) is 4.83. The van der Waals surface area contributed by atoms with Gasteiger partial charge in [0.2, 0.25) is 0 Å². The molecule has 1 aromatic carbocycles. The van der Waals surface area contributed by atoms with Crippen LogP contribution in [0.15, 0.2) is 29.2 Å². The zero-order valence-electron chi connectivity index (χ0n) is 10.3. The van der Waals surface area contributed by atoms with Crippen LogP contribution in [0.2, 0.25) is 0 Å². The molecule has 1 rings (SSSR count). The molecular weight excluding hydrogens is 370 g/mol. The van der Waals surface area contributed by atoms with Gasteiger partial charge in [0.15, 0.2) is 5.41 Å². The smallest absolute Gasteiger partial charge is 0.170 e. The van der Waals surface area contributed by atoms with Gasteiger partial charge in [0, 0.05) is 16.0 Å². The van der Waals surface area contributed by atoms with Gasteiger partial charge in [-0.1, -0.05) is 28.1 Å². The Balaban J connectivity index is 2.87. The summed E-state index contributed by atoms with van der Waals surface area (Å²) in [6, 6.07) is 6.31. The molecule has 0 aliphatic heterocycles. The SMILES string of the molecule is CC(CSc1ccc(CBr)cc1)(C(F)(F)F)C(F)(F)F. The van der Waals surface area contributed by atoms with Crippen molar-refractivity contribution in [3.63, 3.8) is 0 Å². The van der Waals surface area contributed by atoms with Crippen LogP contribution >= 0.6 is 27.7 Å². The fraction of sp³-hybridized carbons (Fsp3) is 0.500. The Morgan fingerprint density at radius 2 is 1.40 bits per heavy atom. The van der Waals surface area contributed by atoms with E-state index in [1.807, 2.05) is 0 Å². The van der Waals surface area contributed by atoms with Gasteiger partial charge in [0.1, 0.15) is 0 Å². The van der Waals surface area contributed by atoms with E-state index in [2.05, 4.69) is 15.9 Å². The van der Waals surface area contributed by atoms with Crippen molar-refractivity contribution in [2.24, 2.45) is 5.41 Å². The summed E-state index contributed by atoms with van der Waals surface area (Å²) in [5, 5.41) is 0.570. The maximum Gasteiger partial charge on any atom is 0.403 e. The predicted octanol–water partition coefficient (Wildman–Crippen LogP) is 5.80. The second kappa shape index (κ2) is 6.17. The number of thioether (sulfide) groups is 1. The largest absolute Gasteiger partial charge is 0.403 e. The zero-order valence-corrected chi connectivity index (χ0v) is 12.7. The summed E-state index contributed by atoms with van der Waals surface area (Å²) in [6.07, 6.45) is -10.7. The van der Waals surface area contributed by atoms with Gasteiger partial charge in [0.25, 0.3) is 0 Å². The highest BCUT2D eigenvalue weighted by Gasteiger charge is 2.67. The fourth-order valence-corrected chi connectivity index (χ4v) is 2.71. The second-order valence-corrected chi connectivity index (χ2v) is 6.00. The molecule has 0 saturated carbocycles. The van der Waals surface area contributed by atoms with E-state index in [0.717, 1.165) is 5.56 Å². The summed E-state index contributed by atoms with van der Waals surface area (Å²) >= 11 is 3.75. The monoisotopic (exact) mass is 380 g/mol. The molecule has 0 unspecified atom stereocenters. The summed E-state index contributed by atoms with van der Waals surface area (Å²) in [4.78, 5) is 0.370. The van der Waals surface area contributed by atoms with Crippen LogP contribution in [0.25, 0.3) is 0 Å². The van der Waals surface area contributed by atoms with Gasteiger partial charge in [-0.05, 0) is 24.6 Å². The number of rotatable bonds is 4. The van der Waals surface area contributed by atoms with Crippen molar-refractivity contribution in [3.8, 4) is 0 Å². The minimum absolute atomic E-state index is 0.187. The quantitative estimate of drug-likeness (QED) is 0.361. The van der Waals surface area contributed by atoms with Crippen molar-refractivity contribution in [1.29, 1.82) is 0 Å². The van der Waals surface area contributed by atoms with E-state index < -0.39 is 23.5 Å². The summed E-state index contributed by atoms with van der Waals surface area (Å²) in [5.74, 6) is -1.10. The van der Waals surface area contributed by atoms with E-state index in [1.165, 1.54) is 12.1 Å². The minimum Gasteiger partial charge on any atom is -0.170 e. The Morgan fingerprint density at radius 3 is 1.75 bits per heavy atom. The van der Waals surface area contributed by atoms with Crippen molar-refractivity contribution in [2.45, 2.75) is 29.5 Å². The molecule has 0 aliphatic rings. The zero-order chi connectivity index (χ0) is 15.6. The topological polar surface area (TPSA) is 0 Å². The molecule has 8 heteroatoms. The fourth-order valence-electron chi connectivity index (χ4n) is 1.23. The number of alkyl halides is 7. The molecule has 20 heavy (non-hydrogen) atoms. The van der Waals surface area contributed by atoms with Crippen LogP contribution in [-0.2, 0) is 5.33 Å². The number of hydrogen-bond donors (Lipinski definition) is 0. The van der Waals surface area contributed by atoms with Gasteiger partial charge in [0.05, 0.1) is 0 Å². The van der Waals surface area contributed by atoms with E-state index >= 15 is 0 Å². The highest BCUT2D eigenvalue weighted by molar-refractivity contribution is 9.08. The molecule has 0 radical (unpaired) electrons. The molecule has 0 heterocycles. The molecule has 1 aromatic rings. The maximum absolute atomic E-state index is 12.7. The molecule has 0 atom stereocenters. The lowest BCUT2D eigenvalue weighted by Crippen LogP contribution is -2.49. The van der Waals surface area contributed by atoms with E-state index in [4.69, 9.17) is 0 Å². The third-order valence-electron chi connectivity index (χ3n) is 2.86. The van der Waals surface area contributed by atoms with Crippen molar-refractivity contribution in [3.05, 3.63) is 29.8 Å². The standard InChI is InChI=1S/C12H11BrF6S/c1-10(11(14,15)16,12(17,18)19)7-20-9-4-2-8(6-13)3-5-9/h2-5H,6-7H2,1H3. The molecule has 0 aliphatic carbocycles. The molecule has 0 bridgehead atoms. The minimum atomic E-state index is -5.34. The molecule has 0 nitrogen and oxygen atoms in total. The van der Waals surface area contributed by atoms with Crippen LogP contribution in [0.4, 0.5) is 26.3 Å². The van der Waals surface area contributed by atoms with Crippen LogP contribution in [0.5, 0.6) is 0 Å². The first-order chi connectivity index (χ1) is 9.01. The Labute approximate surface area is 125 Å². The van der Waals surface area contributed by atoms with Crippen molar-refractivity contribution < 1.29 is 26.3 Å². The molecule has 0 spiro atoms. The van der Waals surface area contributed by atoms with Gasteiger partial charge in [-0.15, -0.1) is 11.8 Å². The summed E-state index contributed by atoms with van der Waals surface area (Å²) < 4.78 is 76.1. The van der Waals surface area contributed by atoms with E-state index in [0.29, 0.717) is 22.0 Å². The lowest BCUT2D eigenvalue weighted by molar-refractivity contribution is -0.325. The summed E-state index contributed by atoms with van der Waals surface area (Å²) in [5.41, 5.74) is -2.83. The molecule has 0 aromatic heterocycles. The lowest BCUT2D eigenvalue weighted by Gasteiger charge is -2.33. The Kier molecular flexibility index (Phi) is 5.46. The van der Waals surface area contributed by atoms with E-state index in [9.17, 15) is 26.3 Å². The molecule has 0 saturated heterocycles. The van der Waals surface area contributed by atoms with Gasteiger partial charge < -0.3 is 0 Å². The van der Waals surface area contributed by atoms with Crippen LogP contribution in [0.3, 0.4) is 0 Å². The Morgan fingerprint density at radius 1 is 0.950 bits per heavy atom. The Hall–Kier alpha value is -0.370. The van der Waals surface area contributed by atoms with Crippen LogP contribution in [-0.4, -0.2) is 18.1 Å². The van der Waals surface area contributed by atoms with Crippen molar-refractivity contribution >= 4 is 27.7 Å². The first-order valence-electron chi connectivity index (χ1n) is 5.42. The summed E-state index contributed by atoms with van der Waals surface area (Å²) in [6.45, 7) is 0.187. The van der Waals surface area contributed by atoms with Crippen molar-refractivity contribution in [2.75, 3.05) is 5.75 Å². The van der Waals surface area contributed by atoms with Crippen LogP contribution in [0.1, 0.15) is 12.5 Å². The normalized spacial score (nSPS) is 13.6. The number of benzene rings is 1. The lowest BCUT2D eigenvalue weighted by atomic mass is 9.92. The van der Waals surface area contributed by atoms with Gasteiger partial charge in [-0.25, -0.2) is 0 Å². The summed E-state index contributed by atoms with van der Waals surface area (Å²) in [7, 11) is 0. The van der Waals surface area contributed by atoms with Crippen LogP contribution in [0, 0.1) is 5.41 Å². The average Bonchev–Trinajstić information content (AvgIpc) is 2.33. The van der Waals surface area contributed by atoms with Crippen molar-refractivity contribution in [1.82, 2.24) is 0 Å². The highest BCUT2D eigenvalue weighted by Crippen LogP contribution is 2.52. The number of hydrogen-bond acceptors (Lipinski definition) is 1. The van der Waals surface area contributed by atoms with E-state index in [1.54, 1.807) is 12.1 Å². The Bertz CT molecular complexity index is 423. The second-order valence-electron chi connectivity index (χ2n) is 4.39. The first kappa shape index (κ1) is 17.7. The number of halogens is 7.